The van der Waals surface area contributed by atoms with Gasteiger partial charge in [-0.25, -0.2) is 4.39 Å². The standard InChI is InChI=1S/C29H29FN2O2/c30-27-19-24(10-13-29(27)34-17-16-32-14-4-1-5-15-32)31-28-20-25(33)11-12-26(28)23-9-8-21-6-2-3-7-22(21)18-23/h2-3,6-13,18-20,31,33H,1,4-5,14-17H2. The first-order chi connectivity index (χ1) is 16.7. The number of rotatable bonds is 7. The van der Waals surface area contributed by atoms with Crippen LogP contribution in [-0.2, 0) is 0 Å². The normalized spacial score (nSPS) is 14.3. The predicted molar refractivity (Wildman–Crippen MR) is 137 cm³/mol. The van der Waals surface area contributed by atoms with Crippen LogP contribution in [0.2, 0.25) is 0 Å². The van der Waals surface area contributed by atoms with Crippen molar-refractivity contribution in [3.05, 3.63) is 84.7 Å². The number of phenolic OH excluding ortho intramolecular Hbond substituents is 1. The van der Waals surface area contributed by atoms with Crippen LogP contribution in [0, 0.1) is 5.82 Å². The number of piperidine rings is 1. The molecule has 0 aliphatic carbocycles. The number of anilines is 2. The molecule has 0 saturated carbocycles. The molecule has 0 radical (unpaired) electrons. The zero-order valence-corrected chi connectivity index (χ0v) is 19.1. The molecule has 4 aromatic carbocycles. The predicted octanol–water partition coefficient (Wildman–Crippen LogP) is 6.96. The molecule has 0 unspecified atom stereocenters. The van der Waals surface area contributed by atoms with Crippen LogP contribution in [0.5, 0.6) is 11.5 Å². The molecule has 1 saturated heterocycles. The summed E-state index contributed by atoms with van der Waals surface area (Å²) in [6.07, 6.45) is 3.75. The smallest absolute Gasteiger partial charge is 0.167 e. The lowest BCUT2D eigenvalue weighted by atomic mass is 9.99. The van der Waals surface area contributed by atoms with E-state index in [4.69, 9.17) is 4.74 Å². The summed E-state index contributed by atoms with van der Waals surface area (Å²) in [6.45, 7) is 3.48. The Hall–Kier alpha value is -3.57. The van der Waals surface area contributed by atoms with Gasteiger partial charge < -0.3 is 15.2 Å². The number of benzene rings is 4. The summed E-state index contributed by atoms with van der Waals surface area (Å²) >= 11 is 0. The number of halogens is 1. The number of likely N-dealkylation sites (tertiary alicyclic amines) is 1. The molecule has 4 aromatic rings. The zero-order chi connectivity index (χ0) is 23.3. The van der Waals surface area contributed by atoms with Crippen LogP contribution < -0.4 is 10.1 Å². The van der Waals surface area contributed by atoms with E-state index in [1.165, 1.54) is 25.3 Å². The lowest BCUT2D eigenvalue weighted by molar-refractivity contribution is 0.180. The van der Waals surface area contributed by atoms with Gasteiger partial charge >= 0.3 is 0 Å². The van der Waals surface area contributed by atoms with Crippen molar-refractivity contribution in [3.8, 4) is 22.6 Å². The van der Waals surface area contributed by atoms with Crippen molar-refractivity contribution in [1.29, 1.82) is 0 Å². The van der Waals surface area contributed by atoms with Crippen molar-refractivity contribution in [2.24, 2.45) is 0 Å². The highest BCUT2D eigenvalue weighted by molar-refractivity contribution is 5.90. The number of ether oxygens (including phenoxy) is 1. The molecule has 1 aliphatic heterocycles. The van der Waals surface area contributed by atoms with Gasteiger partial charge in [-0.1, -0.05) is 42.8 Å². The molecular formula is C29H29FN2O2. The van der Waals surface area contributed by atoms with E-state index < -0.39 is 5.82 Å². The highest BCUT2D eigenvalue weighted by Crippen LogP contribution is 2.35. The Morgan fingerprint density at radius 3 is 2.50 bits per heavy atom. The fraction of sp³-hybridized carbons (Fsp3) is 0.241. The minimum Gasteiger partial charge on any atom is -0.508 e. The van der Waals surface area contributed by atoms with Gasteiger partial charge in [0.2, 0.25) is 0 Å². The van der Waals surface area contributed by atoms with Crippen molar-refractivity contribution < 1.29 is 14.2 Å². The van der Waals surface area contributed by atoms with Crippen LogP contribution in [0.25, 0.3) is 21.9 Å². The Morgan fingerprint density at radius 1 is 0.853 bits per heavy atom. The summed E-state index contributed by atoms with van der Waals surface area (Å²) in [7, 11) is 0. The van der Waals surface area contributed by atoms with E-state index in [1.54, 1.807) is 24.3 Å². The topological polar surface area (TPSA) is 44.7 Å². The zero-order valence-electron chi connectivity index (χ0n) is 19.1. The van der Waals surface area contributed by atoms with Crippen molar-refractivity contribution in [2.75, 3.05) is 31.6 Å². The number of nitrogens with one attached hydrogen (secondary N) is 1. The van der Waals surface area contributed by atoms with Gasteiger partial charge in [0.15, 0.2) is 11.6 Å². The van der Waals surface area contributed by atoms with Gasteiger partial charge in [-0.05, 0) is 72.6 Å². The van der Waals surface area contributed by atoms with Crippen molar-refractivity contribution in [1.82, 2.24) is 4.90 Å². The maximum Gasteiger partial charge on any atom is 0.167 e. The lowest BCUT2D eigenvalue weighted by Gasteiger charge is -2.26. The highest BCUT2D eigenvalue weighted by atomic mass is 19.1. The van der Waals surface area contributed by atoms with Crippen LogP contribution >= 0.6 is 0 Å². The fourth-order valence-electron chi connectivity index (χ4n) is 4.56. The third-order valence-electron chi connectivity index (χ3n) is 6.39. The Balaban J connectivity index is 1.32. The summed E-state index contributed by atoms with van der Waals surface area (Å²) in [5.74, 6) is -0.00514. The van der Waals surface area contributed by atoms with Gasteiger partial charge in [0, 0.05) is 29.9 Å². The van der Waals surface area contributed by atoms with Gasteiger partial charge in [-0.15, -0.1) is 0 Å². The molecule has 5 heteroatoms. The summed E-state index contributed by atoms with van der Waals surface area (Å²) < 4.78 is 20.5. The SMILES string of the molecule is Oc1ccc(-c2ccc3ccccc3c2)c(Nc2ccc(OCCN3CCCCC3)c(F)c2)c1. The second-order valence-corrected chi connectivity index (χ2v) is 8.81. The van der Waals surface area contributed by atoms with E-state index in [1.807, 2.05) is 18.2 Å². The molecular weight excluding hydrogens is 427 g/mol. The van der Waals surface area contributed by atoms with Gasteiger partial charge in [0.25, 0.3) is 0 Å². The maximum absolute atomic E-state index is 14.8. The second-order valence-electron chi connectivity index (χ2n) is 8.81. The molecule has 34 heavy (non-hydrogen) atoms. The van der Waals surface area contributed by atoms with Crippen molar-refractivity contribution in [2.45, 2.75) is 19.3 Å². The summed E-state index contributed by atoms with van der Waals surface area (Å²) in [5, 5.41) is 15.7. The van der Waals surface area contributed by atoms with Crippen molar-refractivity contribution >= 4 is 22.1 Å². The van der Waals surface area contributed by atoms with Crippen LogP contribution in [0.3, 0.4) is 0 Å². The third-order valence-corrected chi connectivity index (χ3v) is 6.39. The largest absolute Gasteiger partial charge is 0.508 e. The molecule has 5 rings (SSSR count). The average Bonchev–Trinajstić information content (AvgIpc) is 2.86. The molecule has 1 heterocycles. The van der Waals surface area contributed by atoms with Crippen LogP contribution in [0.1, 0.15) is 19.3 Å². The monoisotopic (exact) mass is 456 g/mol. The van der Waals surface area contributed by atoms with E-state index in [0.29, 0.717) is 18.0 Å². The molecule has 0 amide bonds. The molecule has 1 aliphatic rings. The number of fused-ring (bicyclic) bond motifs is 1. The number of aromatic hydroxyl groups is 1. The van der Waals surface area contributed by atoms with E-state index in [9.17, 15) is 9.50 Å². The van der Waals surface area contributed by atoms with Crippen LogP contribution in [-0.4, -0.2) is 36.2 Å². The first-order valence-electron chi connectivity index (χ1n) is 11.9. The average molecular weight is 457 g/mol. The van der Waals surface area contributed by atoms with Gasteiger partial charge in [0.1, 0.15) is 12.4 Å². The molecule has 1 fully saturated rings. The number of nitrogens with zero attached hydrogens (tertiary/aromatic N) is 1. The Labute approximate surface area is 199 Å². The molecule has 0 atom stereocenters. The van der Waals surface area contributed by atoms with Crippen LogP contribution in [0.15, 0.2) is 78.9 Å². The molecule has 0 aromatic heterocycles. The number of hydrogen-bond acceptors (Lipinski definition) is 4. The van der Waals surface area contributed by atoms with Gasteiger partial charge in [-0.2, -0.15) is 0 Å². The summed E-state index contributed by atoms with van der Waals surface area (Å²) in [4.78, 5) is 2.37. The first-order valence-corrected chi connectivity index (χ1v) is 11.9. The molecule has 0 bridgehead atoms. The van der Waals surface area contributed by atoms with E-state index >= 15 is 0 Å². The van der Waals surface area contributed by atoms with Gasteiger partial charge in [0.05, 0.1) is 5.69 Å². The summed E-state index contributed by atoms with van der Waals surface area (Å²) in [6, 6.07) is 24.5. The molecule has 174 valence electrons. The quantitative estimate of drug-likeness (QED) is 0.316. The minimum atomic E-state index is -0.406. The minimum absolute atomic E-state index is 0.144. The Bertz CT molecular complexity index is 1280. The van der Waals surface area contributed by atoms with Gasteiger partial charge in [-0.3, -0.25) is 4.90 Å². The maximum atomic E-state index is 14.8. The Morgan fingerprint density at radius 2 is 1.68 bits per heavy atom. The third kappa shape index (κ3) is 5.15. The molecule has 0 spiro atoms. The van der Waals surface area contributed by atoms with Crippen LogP contribution in [0.4, 0.5) is 15.8 Å². The van der Waals surface area contributed by atoms with E-state index in [-0.39, 0.29) is 11.5 Å². The second kappa shape index (κ2) is 10.1. The summed E-state index contributed by atoms with van der Waals surface area (Å²) in [5.41, 5.74) is 3.23. The molecule has 4 nitrogen and oxygen atoms in total. The fourth-order valence-corrected chi connectivity index (χ4v) is 4.56. The Kier molecular flexibility index (Phi) is 6.63. The first kappa shape index (κ1) is 22.2. The number of phenols is 1. The van der Waals surface area contributed by atoms with E-state index in [2.05, 4.69) is 40.5 Å². The van der Waals surface area contributed by atoms with E-state index in [0.717, 1.165) is 41.5 Å². The number of hydrogen-bond donors (Lipinski definition) is 2. The highest BCUT2D eigenvalue weighted by Gasteiger charge is 2.12. The lowest BCUT2D eigenvalue weighted by Crippen LogP contribution is -2.33. The van der Waals surface area contributed by atoms with Crippen molar-refractivity contribution in [3.63, 3.8) is 0 Å². The molecule has 2 N–H and O–H groups in total.